The van der Waals surface area contributed by atoms with Crippen LogP contribution in [-0.2, 0) is 4.79 Å². The summed E-state index contributed by atoms with van der Waals surface area (Å²) in [5.41, 5.74) is -0.0255. The third-order valence-electron chi connectivity index (χ3n) is 3.85. The van der Waals surface area contributed by atoms with Gasteiger partial charge in [-0.15, -0.1) is 0 Å². The predicted octanol–water partition coefficient (Wildman–Crippen LogP) is 0.571. The topological polar surface area (TPSA) is 62.3 Å². The third-order valence-corrected chi connectivity index (χ3v) is 3.85. The Kier molecular flexibility index (Phi) is 2.93. The molecule has 0 bridgehead atoms. The predicted molar refractivity (Wildman–Crippen MR) is 64.8 cm³/mol. The van der Waals surface area contributed by atoms with Gasteiger partial charge in [0.15, 0.2) is 0 Å². The van der Waals surface area contributed by atoms with E-state index in [1.165, 1.54) is 18.3 Å². The Morgan fingerprint density at radius 2 is 2.37 bits per heavy atom. The summed E-state index contributed by atoms with van der Waals surface area (Å²) in [6.07, 6.45) is 2.86. The first-order chi connectivity index (χ1) is 9.18. The smallest absolute Gasteiger partial charge is 0.258 e. The molecule has 1 aromatic heterocycles. The summed E-state index contributed by atoms with van der Waals surface area (Å²) in [7, 11) is 0. The highest BCUT2D eigenvalue weighted by atomic mass is 19.1. The first kappa shape index (κ1) is 12.1. The Bertz CT molecular complexity index is 534. The number of carbonyl (C=O) groups is 2. The molecule has 100 valence electrons. The molecule has 1 N–H and O–H groups in total. The van der Waals surface area contributed by atoms with Gasteiger partial charge < -0.3 is 10.2 Å². The van der Waals surface area contributed by atoms with Crippen LogP contribution in [0.25, 0.3) is 0 Å². The second-order valence-electron chi connectivity index (χ2n) is 4.90. The zero-order valence-electron chi connectivity index (χ0n) is 10.3. The number of halogens is 1. The lowest BCUT2D eigenvalue weighted by molar-refractivity contribution is -0.123. The average Bonchev–Trinajstić information content (AvgIpc) is 2.80. The molecule has 1 aromatic rings. The van der Waals surface area contributed by atoms with Crippen LogP contribution in [0.1, 0.15) is 23.2 Å². The molecule has 0 spiro atoms. The fourth-order valence-corrected chi connectivity index (χ4v) is 2.90. The minimum atomic E-state index is -0.757. The van der Waals surface area contributed by atoms with Gasteiger partial charge in [0.25, 0.3) is 5.91 Å². The number of rotatable bonds is 1. The molecule has 5 nitrogen and oxygen atoms in total. The number of likely N-dealkylation sites (tertiary alicyclic amines) is 1. The molecule has 0 saturated carbocycles. The third kappa shape index (κ3) is 1.97. The Morgan fingerprint density at radius 3 is 3.16 bits per heavy atom. The van der Waals surface area contributed by atoms with Crippen LogP contribution in [0.5, 0.6) is 0 Å². The Morgan fingerprint density at radius 1 is 1.53 bits per heavy atom. The van der Waals surface area contributed by atoms with Crippen LogP contribution in [0.3, 0.4) is 0 Å². The minimum absolute atomic E-state index is 0.00541. The maximum absolute atomic E-state index is 13.6. The SMILES string of the molecule is O=C1NCC2C1CCCN2C(=O)c1cccnc1F. The first-order valence-corrected chi connectivity index (χ1v) is 6.37. The molecule has 3 heterocycles. The number of fused-ring (bicyclic) bond motifs is 1. The summed E-state index contributed by atoms with van der Waals surface area (Å²) in [6.45, 7) is 1.01. The largest absolute Gasteiger partial charge is 0.354 e. The fourth-order valence-electron chi connectivity index (χ4n) is 2.90. The molecular weight excluding hydrogens is 249 g/mol. The summed E-state index contributed by atoms with van der Waals surface area (Å²) in [4.78, 5) is 29.1. The molecule has 0 radical (unpaired) electrons. The van der Waals surface area contributed by atoms with E-state index in [2.05, 4.69) is 10.3 Å². The van der Waals surface area contributed by atoms with Crippen LogP contribution in [0.15, 0.2) is 18.3 Å². The fraction of sp³-hybridized carbons (Fsp3) is 0.462. The van der Waals surface area contributed by atoms with Crippen molar-refractivity contribution in [1.29, 1.82) is 0 Å². The number of amides is 2. The Labute approximate surface area is 109 Å². The van der Waals surface area contributed by atoms with Gasteiger partial charge in [-0.1, -0.05) is 0 Å². The summed E-state index contributed by atoms with van der Waals surface area (Å²) >= 11 is 0. The molecule has 0 aromatic carbocycles. The summed E-state index contributed by atoms with van der Waals surface area (Å²) in [5, 5.41) is 2.77. The zero-order chi connectivity index (χ0) is 13.4. The molecule has 2 unspecified atom stereocenters. The van der Waals surface area contributed by atoms with Crippen molar-refractivity contribution in [3.63, 3.8) is 0 Å². The van der Waals surface area contributed by atoms with Crippen molar-refractivity contribution in [2.24, 2.45) is 5.92 Å². The molecule has 19 heavy (non-hydrogen) atoms. The number of piperidine rings is 1. The van der Waals surface area contributed by atoms with Gasteiger partial charge in [0, 0.05) is 19.3 Å². The number of aromatic nitrogens is 1. The van der Waals surface area contributed by atoms with Gasteiger partial charge in [-0.25, -0.2) is 4.98 Å². The summed E-state index contributed by atoms with van der Waals surface area (Å²) in [6, 6.07) is 2.81. The molecule has 2 aliphatic heterocycles. The molecule has 3 rings (SSSR count). The van der Waals surface area contributed by atoms with Crippen LogP contribution in [0.4, 0.5) is 4.39 Å². The van der Waals surface area contributed by atoms with Gasteiger partial charge in [-0.2, -0.15) is 4.39 Å². The van der Waals surface area contributed by atoms with E-state index in [0.29, 0.717) is 13.1 Å². The molecule has 2 amide bonds. The van der Waals surface area contributed by atoms with E-state index in [4.69, 9.17) is 0 Å². The van der Waals surface area contributed by atoms with Crippen LogP contribution >= 0.6 is 0 Å². The van der Waals surface area contributed by atoms with E-state index in [1.54, 1.807) is 4.90 Å². The van der Waals surface area contributed by atoms with E-state index < -0.39 is 5.95 Å². The van der Waals surface area contributed by atoms with Gasteiger partial charge in [0.05, 0.1) is 17.5 Å². The monoisotopic (exact) mass is 263 g/mol. The zero-order valence-corrected chi connectivity index (χ0v) is 10.3. The van der Waals surface area contributed by atoms with Gasteiger partial charge in [0.2, 0.25) is 11.9 Å². The summed E-state index contributed by atoms with van der Waals surface area (Å²) < 4.78 is 13.6. The van der Waals surface area contributed by atoms with Crippen molar-refractivity contribution in [2.75, 3.05) is 13.1 Å². The quantitative estimate of drug-likeness (QED) is 0.754. The van der Waals surface area contributed by atoms with Crippen molar-refractivity contribution in [3.8, 4) is 0 Å². The van der Waals surface area contributed by atoms with Crippen LogP contribution in [0.2, 0.25) is 0 Å². The maximum atomic E-state index is 13.6. The lowest BCUT2D eigenvalue weighted by Gasteiger charge is -2.35. The average molecular weight is 263 g/mol. The second-order valence-corrected chi connectivity index (χ2v) is 4.90. The van der Waals surface area contributed by atoms with Crippen LogP contribution in [-0.4, -0.2) is 40.8 Å². The van der Waals surface area contributed by atoms with Crippen molar-refractivity contribution in [1.82, 2.24) is 15.2 Å². The standard InChI is InChI=1S/C13H14FN3O2/c14-11-9(3-1-5-15-11)13(19)17-6-2-4-8-10(17)7-16-12(8)18/h1,3,5,8,10H,2,4,6-7H2,(H,16,18). The molecule has 6 heteroatoms. The molecular formula is C13H14FN3O2. The van der Waals surface area contributed by atoms with E-state index >= 15 is 0 Å². The maximum Gasteiger partial charge on any atom is 0.258 e. The van der Waals surface area contributed by atoms with Crippen molar-refractivity contribution >= 4 is 11.8 Å². The molecule has 2 saturated heterocycles. The lowest BCUT2D eigenvalue weighted by atomic mass is 9.91. The Balaban J connectivity index is 1.87. The molecule has 0 aliphatic carbocycles. The number of pyridine rings is 1. The molecule has 2 fully saturated rings. The highest BCUT2D eigenvalue weighted by molar-refractivity contribution is 5.95. The van der Waals surface area contributed by atoms with E-state index in [-0.39, 0.29) is 29.3 Å². The van der Waals surface area contributed by atoms with E-state index in [1.807, 2.05) is 0 Å². The normalized spacial score (nSPS) is 25.9. The first-order valence-electron chi connectivity index (χ1n) is 6.37. The van der Waals surface area contributed by atoms with Gasteiger partial charge in [-0.05, 0) is 25.0 Å². The van der Waals surface area contributed by atoms with Crippen LogP contribution < -0.4 is 5.32 Å². The second kappa shape index (κ2) is 4.60. The number of hydrogen-bond acceptors (Lipinski definition) is 3. The molecule has 2 aliphatic rings. The van der Waals surface area contributed by atoms with Crippen molar-refractivity contribution in [2.45, 2.75) is 18.9 Å². The van der Waals surface area contributed by atoms with E-state index in [9.17, 15) is 14.0 Å². The highest BCUT2D eigenvalue weighted by Crippen LogP contribution is 2.28. The number of carbonyl (C=O) groups excluding carboxylic acids is 2. The van der Waals surface area contributed by atoms with Gasteiger partial charge in [0.1, 0.15) is 0 Å². The Hall–Kier alpha value is -1.98. The number of nitrogens with one attached hydrogen (secondary N) is 1. The summed E-state index contributed by atoms with van der Waals surface area (Å²) in [5.74, 6) is -1.30. The van der Waals surface area contributed by atoms with Crippen LogP contribution in [0, 0.1) is 11.9 Å². The highest BCUT2D eigenvalue weighted by Gasteiger charge is 2.43. The number of nitrogens with zero attached hydrogens (tertiary/aromatic N) is 2. The van der Waals surface area contributed by atoms with Crippen molar-refractivity contribution in [3.05, 3.63) is 29.8 Å². The lowest BCUT2D eigenvalue weighted by Crippen LogP contribution is -2.49. The van der Waals surface area contributed by atoms with E-state index in [0.717, 1.165) is 12.8 Å². The molecule has 2 atom stereocenters. The van der Waals surface area contributed by atoms with Gasteiger partial charge in [-0.3, -0.25) is 9.59 Å². The minimum Gasteiger partial charge on any atom is -0.354 e. The van der Waals surface area contributed by atoms with Crippen molar-refractivity contribution < 1.29 is 14.0 Å². The van der Waals surface area contributed by atoms with Gasteiger partial charge >= 0.3 is 0 Å². The number of hydrogen-bond donors (Lipinski definition) is 1.